The van der Waals surface area contributed by atoms with Crippen molar-refractivity contribution in [3.63, 3.8) is 0 Å². The average Bonchev–Trinajstić information content (AvgIpc) is 3.10. The number of allylic oxidation sites excluding steroid dienone is 1. The Bertz CT molecular complexity index is 990. The molecule has 0 aliphatic heterocycles. The van der Waals surface area contributed by atoms with Crippen LogP contribution >= 0.6 is 0 Å². The van der Waals surface area contributed by atoms with E-state index >= 15 is 0 Å². The van der Waals surface area contributed by atoms with Gasteiger partial charge in [0.25, 0.3) is 0 Å². The van der Waals surface area contributed by atoms with Crippen molar-refractivity contribution in [3.05, 3.63) is 45.1 Å². The van der Waals surface area contributed by atoms with E-state index in [0.29, 0.717) is 29.1 Å². The molecule has 0 heterocycles. The number of carbonyl (C=O) groups excluding carboxylic acids is 2. The monoisotopic (exact) mass is 556 g/mol. The number of fused-ring (bicyclic) bond motifs is 5. The van der Waals surface area contributed by atoms with Gasteiger partial charge >= 0.3 is 186 Å². The van der Waals surface area contributed by atoms with E-state index in [1.165, 1.54) is 22.9 Å². The molecular formula is C29H40O3Sn. The Balaban J connectivity index is 1.41. The molecule has 0 spiro atoms. The molecule has 4 heteroatoms. The Morgan fingerprint density at radius 3 is 2.36 bits per heavy atom. The van der Waals surface area contributed by atoms with Crippen LogP contribution in [0.15, 0.2) is 39.5 Å². The van der Waals surface area contributed by atoms with Crippen LogP contribution in [0.25, 0.3) is 0 Å². The summed E-state index contributed by atoms with van der Waals surface area (Å²) in [6.07, 6.45) is 8.66. The number of hydrogen-bond donors (Lipinski definition) is 0. The summed E-state index contributed by atoms with van der Waals surface area (Å²) >= 11 is -2.47. The Hall–Kier alpha value is -1.10. The molecule has 0 unspecified atom stereocenters. The van der Waals surface area contributed by atoms with E-state index in [2.05, 4.69) is 28.7 Å². The van der Waals surface area contributed by atoms with E-state index in [9.17, 15) is 9.59 Å². The van der Waals surface area contributed by atoms with Crippen molar-refractivity contribution in [2.24, 2.45) is 28.6 Å². The van der Waals surface area contributed by atoms with Crippen LogP contribution in [-0.2, 0) is 9.53 Å². The van der Waals surface area contributed by atoms with Crippen molar-refractivity contribution in [3.8, 4) is 0 Å². The van der Waals surface area contributed by atoms with Crippen molar-refractivity contribution >= 4 is 30.1 Å². The van der Waals surface area contributed by atoms with Gasteiger partial charge in [0.1, 0.15) is 0 Å². The number of ketones is 1. The van der Waals surface area contributed by atoms with Crippen LogP contribution in [0.3, 0.4) is 0 Å². The second-order valence-corrected chi connectivity index (χ2v) is 27.0. The van der Waals surface area contributed by atoms with E-state index in [1.54, 1.807) is 5.57 Å². The van der Waals surface area contributed by atoms with E-state index in [4.69, 9.17) is 4.74 Å². The van der Waals surface area contributed by atoms with Crippen LogP contribution in [0, 0.1) is 28.6 Å². The zero-order chi connectivity index (χ0) is 23.6. The van der Waals surface area contributed by atoms with E-state index in [-0.39, 0.29) is 22.9 Å². The smallest absolute Gasteiger partial charge is 0.0622 e. The van der Waals surface area contributed by atoms with Crippen molar-refractivity contribution in [2.75, 3.05) is 0 Å². The van der Waals surface area contributed by atoms with Gasteiger partial charge in [0, 0.05) is 0 Å². The maximum absolute atomic E-state index is 13.0. The number of hydrogen-bond acceptors (Lipinski definition) is 3. The van der Waals surface area contributed by atoms with Gasteiger partial charge in [0.2, 0.25) is 0 Å². The molecule has 3 saturated carbocycles. The first kappa shape index (κ1) is 23.6. The fourth-order valence-electron chi connectivity index (χ4n) is 8.50. The molecule has 33 heavy (non-hydrogen) atoms. The van der Waals surface area contributed by atoms with Crippen LogP contribution in [0.1, 0.15) is 75.6 Å². The Morgan fingerprint density at radius 1 is 0.939 bits per heavy atom. The molecule has 3 nitrogen and oxygen atoms in total. The van der Waals surface area contributed by atoms with E-state index in [0.717, 1.165) is 32.1 Å². The SMILES string of the molecule is C[C@]12CC[C@H]3[C@@H](CCC4=[C]([Sn]([CH3])([CH3])[CH3])C(=O)CC[C@@]43C)[C@@H]1CC[C@@H]2OC(=O)c1ccccc1. The van der Waals surface area contributed by atoms with Gasteiger partial charge in [-0.05, 0) is 0 Å². The number of ether oxygens (including phenoxy) is 1. The molecule has 0 N–H and O–H groups in total. The summed E-state index contributed by atoms with van der Waals surface area (Å²) in [7, 11) is 0. The van der Waals surface area contributed by atoms with Crippen LogP contribution in [0.4, 0.5) is 0 Å². The average molecular weight is 555 g/mol. The first-order chi connectivity index (χ1) is 15.6. The number of Topliss-reactive ketones (excluding diaryl/α,β-unsaturated/α-hetero) is 1. The maximum atomic E-state index is 13.0. The molecule has 3 fully saturated rings. The first-order valence-corrected chi connectivity index (χ1v) is 23.1. The summed E-state index contributed by atoms with van der Waals surface area (Å²) in [5.41, 5.74) is 2.53. The predicted octanol–water partition coefficient (Wildman–Crippen LogP) is 6.99. The molecular weight excluding hydrogens is 515 g/mol. The molecule has 0 radical (unpaired) electrons. The normalized spacial score (nSPS) is 38.4. The molecule has 4 aliphatic rings. The number of benzene rings is 1. The standard InChI is InChI=1S/C26H31O3.3CH3.Sn/c1-25-14-12-19(27)16-18(25)8-9-20-21-10-11-23(26(21,2)15-13-22(20)25)29-24(28)17-6-4-3-5-7-17;;;;/h3-7,20-23H,8-15H2,1-2H3;3*1H3;/t20-,21-,22-,23-,25-,26-;;;;/m0..../s1. The zero-order valence-electron chi connectivity index (χ0n) is 21.1. The number of rotatable bonds is 3. The van der Waals surface area contributed by atoms with Gasteiger partial charge in [-0.25, -0.2) is 0 Å². The fraction of sp³-hybridized carbons (Fsp3) is 0.655. The van der Waals surface area contributed by atoms with Gasteiger partial charge in [-0.15, -0.1) is 0 Å². The van der Waals surface area contributed by atoms with Gasteiger partial charge in [0.05, 0.1) is 0 Å². The van der Waals surface area contributed by atoms with Crippen molar-refractivity contribution < 1.29 is 14.3 Å². The molecule has 0 saturated heterocycles. The minimum Gasteiger partial charge on any atom is -0.0622 e. The second-order valence-electron chi connectivity index (χ2n) is 12.7. The van der Waals surface area contributed by atoms with Gasteiger partial charge in [-0.2, -0.15) is 0 Å². The molecule has 178 valence electrons. The molecule has 1 aromatic rings. The summed E-state index contributed by atoms with van der Waals surface area (Å²) in [6, 6.07) is 9.45. The van der Waals surface area contributed by atoms with Crippen LogP contribution in [0.5, 0.6) is 0 Å². The van der Waals surface area contributed by atoms with Gasteiger partial charge in [-0.1, -0.05) is 18.2 Å². The third-order valence-corrected chi connectivity index (χ3v) is 16.0. The Morgan fingerprint density at radius 2 is 1.67 bits per heavy atom. The van der Waals surface area contributed by atoms with Gasteiger partial charge < -0.3 is 0 Å². The number of carbonyl (C=O) groups is 2. The van der Waals surface area contributed by atoms with Crippen molar-refractivity contribution in [1.82, 2.24) is 0 Å². The van der Waals surface area contributed by atoms with E-state index in [1.807, 2.05) is 30.3 Å². The Labute approximate surface area is 203 Å². The van der Waals surface area contributed by atoms with Crippen LogP contribution in [-0.4, -0.2) is 36.2 Å². The topological polar surface area (TPSA) is 43.4 Å². The second kappa shape index (κ2) is 8.24. The number of esters is 1. The Kier molecular flexibility index (Phi) is 5.90. The summed E-state index contributed by atoms with van der Waals surface area (Å²) in [5.74, 6) is 2.32. The quantitative estimate of drug-likeness (QED) is 0.298. The molecule has 0 bridgehead atoms. The van der Waals surface area contributed by atoms with Crippen molar-refractivity contribution in [2.45, 2.75) is 86.1 Å². The molecule has 6 atom stereocenters. The van der Waals surface area contributed by atoms with Crippen LogP contribution < -0.4 is 0 Å². The minimum absolute atomic E-state index is 0.0233. The molecule has 1 aromatic carbocycles. The molecule has 0 amide bonds. The molecule has 5 rings (SSSR count). The molecule has 0 aromatic heterocycles. The summed E-state index contributed by atoms with van der Waals surface area (Å²) in [6.45, 7) is 4.91. The fourth-order valence-corrected chi connectivity index (χ4v) is 15.0. The van der Waals surface area contributed by atoms with Crippen molar-refractivity contribution in [1.29, 1.82) is 0 Å². The van der Waals surface area contributed by atoms with Gasteiger partial charge in [-0.3, -0.25) is 0 Å². The summed E-state index contributed by atoms with van der Waals surface area (Å²) in [5, 5.41) is 0. The minimum atomic E-state index is -2.47. The van der Waals surface area contributed by atoms with Gasteiger partial charge in [0.15, 0.2) is 0 Å². The predicted molar refractivity (Wildman–Crippen MR) is 135 cm³/mol. The first-order valence-electron chi connectivity index (χ1n) is 13.1. The zero-order valence-corrected chi connectivity index (χ0v) is 23.9. The third-order valence-electron chi connectivity index (χ3n) is 10.0. The summed E-state index contributed by atoms with van der Waals surface area (Å²) < 4.78 is 7.53. The summed E-state index contributed by atoms with van der Waals surface area (Å²) in [4.78, 5) is 33.2. The molecule has 4 aliphatic carbocycles. The third kappa shape index (κ3) is 3.75. The van der Waals surface area contributed by atoms with E-state index < -0.39 is 18.4 Å². The van der Waals surface area contributed by atoms with Crippen LogP contribution in [0.2, 0.25) is 14.8 Å².